The van der Waals surface area contributed by atoms with Crippen LogP contribution >= 0.6 is 0 Å². The van der Waals surface area contributed by atoms with Gasteiger partial charge in [0.15, 0.2) is 5.41 Å². The number of rotatable bonds is 3. The molecular weight excluding hydrogens is 248 g/mol. The Kier molecular flexibility index (Phi) is 2.39. The van der Waals surface area contributed by atoms with Crippen molar-refractivity contribution in [3.8, 4) is 6.07 Å². The smallest absolute Gasteiger partial charge is 0.349 e. The van der Waals surface area contributed by atoms with Crippen LogP contribution in [0, 0.1) is 22.7 Å². The minimum absolute atomic E-state index is 0.290. The number of nitriles is 1. The number of cyclic esters (lactones) is 1. The first-order valence-corrected chi connectivity index (χ1v) is 5.81. The highest BCUT2D eigenvalue weighted by atomic mass is 16.9. The van der Waals surface area contributed by atoms with E-state index in [1.54, 1.807) is 24.5 Å². The summed E-state index contributed by atoms with van der Waals surface area (Å²) in [6.07, 6.45) is 3.25. The van der Waals surface area contributed by atoms with Gasteiger partial charge in [-0.2, -0.15) is 5.26 Å². The Bertz CT molecular complexity index is 564. The van der Waals surface area contributed by atoms with Gasteiger partial charge in [0.05, 0.1) is 12.0 Å². The van der Waals surface area contributed by atoms with Crippen molar-refractivity contribution in [1.82, 2.24) is 4.98 Å². The molecule has 2 aliphatic rings. The van der Waals surface area contributed by atoms with Gasteiger partial charge >= 0.3 is 11.9 Å². The number of hydrogen-bond donors (Lipinski definition) is 0. The van der Waals surface area contributed by atoms with Crippen LogP contribution in [0.25, 0.3) is 0 Å². The molecule has 6 nitrogen and oxygen atoms in total. The van der Waals surface area contributed by atoms with Gasteiger partial charge in [-0.05, 0) is 17.7 Å². The maximum absolute atomic E-state index is 11.9. The number of esters is 1. The Morgan fingerprint density at radius 2 is 1.95 bits per heavy atom. The quantitative estimate of drug-likeness (QED) is 0.591. The Balaban J connectivity index is 2.09. The average molecular weight is 260 g/mol. The summed E-state index contributed by atoms with van der Waals surface area (Å²) in [4.78, 5) is 15.9. The second-order valence-electron chi connectivity index (χ2n) is 4.60. The first-order valence-electron chi connectivity index (χ1n) is 5.81. The largest absolute Gasteiger partial charge is 0.406 e. The summed E-state index contributed by atoms with van der Waals surface area (Å²) in [6.45, 7) is 0. The van der Waals surface area contributed by atoms with E-state index in [0.29, 0.717) is 0 Å². The summed E-state index contributed by atoms with van der Waals surface area (Å²) in [5.74, 6) is -2.94. The van der Waals surface area contributed by atoms with E-state index in [1.807, 2.05) is 0 Å². The number of hydrogen-bond acceptors (Lipinski definition) is 6. The van der Waals surface area contributed by atoms with Gasteiger partial charge in [0.1, 0.15) is 0 Å². The first kappa shape index (κ1) is 12.1. The normalized spacial score (nSPS) is 34.3. The Morgan fingerprint density at radius 1 is 1.32 bits per heavy atom. The third kappa shape index (κ3) is 1.21. The van der Waals surface area contributed by atoms with E-state index in [4.69, 9.17) is 14.2 Å². The Labute approximate surface area is 109 Å². The van der Waals surface area contributed by atoms with Crippen molar-refractivity contribution in [2.24, 2.45) is 11.3 Å². The highest BCUT2D eigenvalue weighted by molar-refractivity contribution is 5.85. The molecule has 98 valence electrons. The average Bonchev–Trinajstić information content (AvgIpc) is 3.10. The zero-order valence-electron chi connectivity index (χ0n) is 10.5. The highest BCUT2D eigenvalue weighted by Crippen LogP contribution is 2.74. The molecule has 1 saturated carbocycles. The van der Waals surface area contributed by atoms with Crippen molar-refractivity contribution in [3.63, 3.8) is 0 Å². The number of carbonyl (C=O) groups is 1. The third-order valence-corrected chi connectivity index (χ3v) is 3.99. The summed E-state index contributed by atoms with van der Waals surface area (Å²) in [5, 5.41) is 9.56. The zero-order valence-corrected chi connectivity index (χ0v) is 10.5. The number of carbonyl (C=O) groups excluding carboxylic acids is 1. The molecule has 2 heterocycles. The molecule has 6 heteroatoms. The molecule has 1 aliphatic heterocycles. The molecule has 0 unspecified atom stereocenters. The molecule has 1 aromatic heterocycles. The number of nitrogens with zero attached hydrogens (tertiary/aromatic N) is 2. The molecule has 1 aliphatic carbocycles. The highest BCUT2D eigenvalue weighted by Gasteiger charge is 2.87. The molecule has 0 amide bonds. The lowest BCUT2D eigenvalue weighted by Crippen LogP contribution is -2.44. The van der Waals surface area contributed by atoms with Crippen LogP contribution in [0.2, 0.25) is 0 Å². The van der Waals surface area contributed by atoms with E-state index < -0.39 is 23.3 Å². The summed E-state index contributed by atoms with van der Waals surface area (Å²) < 4.78 is 15.6. The minimum Gasteiger partial charge on any atom is -0.406 e. The van der Waals surface area contributed by atoms with Gasteiger partial charge in [0.2, 0.25) is 0 Å². The van der Waals surface area contributed by atoms with E-state index in [0.717, 1.165) is 5.56 Å². The molecule has 0 N–H and O–H groups in total. The monoisotopic (exact) mass is 260 g/mol. The number of methoxy groups -OCH3 is 2. The number of ether oxygens (including phenoxy) is 3. The van der Waals surface area contributed by atoms with Gasteiger partial charge in [-0.3, -0.25) is 9.78 Å². The number of fused-ring (bicyclic) bond motifs is 1. The Morgan fingerprint density at radius 3 is 2.47 bits per heavy atom. The van der Waals surface area contributed by atoms with Gasteiger partial charge in [-0.25, -0.2) is 0 Å². The molecule has 1 saturated heterocycles. The topological polar surface area (TPSA) is 81.4 Å². The fourth-order valence-electron chi connectivity index (χ4n) is 3.11. The van der Waals surface area contributed by atoms with Gasteiger partial charge in [-0.1, -0.05) is 0 Å². The van der Waals surface area contributed by atoms with Crippen molar-refractivity contribution in [3.05, 3.63) is 30.1 Å². The van der Waals surface area contributed by atoms with Crippen LogP contribution in [-0.4, -0.2) is 31.1 Å². The summed E-state index contributed by atoms with van der Waals surface area (Å²) >= 11 is 0. The maximum atomic E-state index is 11.9. The van der Waals surface area contributed by atoms with Crippen LogP contribution in [0.5, 0.6) is 0 Å². The van der Waals surface area contributed by atoms with Gasteiger partial charge in [0, 0.05) is 32.5 Å². The van der Waals surface area contributed by atoms with E-state index in [1.165, 1.54) is 14.2 Å². The summed E-state index contributed by atoms with van der Waals surface area (Å²) in [6, 6.07) is 5.74. The lowest BCUT2D eigenvalue weighted by atomic mass is 9.98. The van der Waals surface area contributed by atoms with E-state index >= 15 is 0 Å². The molecule has 1 aromatic rings. The van der Waals surface area contributed by atoms with Crippen LogP contribution in [0.4, 0.5) is 0 Å². The number of aromatic nitrogens is 1. The van der Waals surface area contributed by atoms with Crippen LogP contribution in [0.1, 0.15) is 11.5 Å². The molecule has 0 radical (unpaired) electrons. The van der Waals surface area contributed by atoms with Gasteiger partial charge in [0.25, 0.3) is 0 Å². The second kappa shape index (κ2) is 3.76. The second-order valence-corrected chi connectivity index (χ2v) is 4.60. The van der Waals surface area contributed by atoms with Crippen molar-refractivity contribution >= 4 is 5.97 Å². The molecule has 0 bridgehead atoms. The maximum Gasteiger partial charge on any atom is 0.349 e. The fraction of sp³-hybridized carbons (Fsp3) is 0.462. The van der Waals surface area contributed by atoms with Crippen molar-refractivity contribution in [1.29, 1.82) is 5.26 Å². The van der Waals surface area contributed by atoms with Gasteiger partial charge < -0.3 is 14.2 Å². The Hall–Kier alpha value is -1.97. The van der Waals surface area contributed by atoms with E-state index in [9.17, 15) is 10.1 Å². The van der Waals surface area contributed by atoms with Crippen molar-refractivity contribution < 1.29 is 19.0 Å². The van der Waals surface area contributed by atoms with Crippen LogP contribution in [0.15, 0.2) is 24.5 Å². The van der Waals surface area contributed by atoms with Crippen molar-refractivity contribution in [2.45, 2.75) is 11.9 Å². The SMILES string of the molecule is COC1(OC)OC(=O)[C@H]2[C@H](c3ccncc3)[C@]21C#N. The van der Waals surface area contributed by atoms with E-state index in [2.05, 4.69) is 11.1 Å². The molecule has 3 atom stereocenters. The number of pyridine rings is 1. The summed E-state index contributed by atoms with van der Waals surface area (Å²) in [5.41, 5.74) is -0.272. The van der Waals surface area contributed by atoms with Crippen LogP contribution < -0.4 is 0 Å². The standard InChI is InChI=1S/C13H12N2O4/c1-17-13(18-2)12(7-14)9(10(12)11(16)19-13)8-3-5-15-6-4-8/h3-6,9-10H,1-2H3/t9-,10+,12+/m0/s1. The first-order chi connectivity index (χ1) is 9.16. The van der Waals surface area contributed by atoms with Crippen LogP contribution in [-0.2, 0) is 19.0 Å². The lowest BCUT2D eigenvalue weighted by Gasteiger charge is -2.30. The molecule has 3 rings (SSSR count). The molecule has 0 spiro atoms. The minimum atomic E-state index is -1.63. The fourth-order valence-corrected chi connectivity index (χ4v) is 3.11. The third-order valence-electron chi connectivity index (χ3n) is 3.99. The molecule has 2 fully saturated rings. The zero-order chi connectivity index (χ0) is 13.7. The summed E-state index contributed by atoms with van der Waals surface area (Å²) in [7, 11) is 2.72. The van der Waals surface area contributed by atoms with E-state index in [-0.39, 0.29) is 5.92 Å². The predicted octanol–water partition coefficient (Wildman–Crippen LogP) is 0.808. The predicted molar refractivity (Wildman–Crippen MR) is 61.4 cm³/mol. The van der Waals surface area contributed by atoms with Crippen molar-refractivity contribution in [2.75, 3.05) is 14.2 Å². The molecular formula is C13H12N2O4. The lowest BCUT2D eigenvalue weighted by molar-refractivity contribution is -0.356. The molecule has 0 aromatic carbocycles. The van der Waals surface area contributed by atoms with Gasteiger partial charge in [-0.15, -0.1) is 0 Å². The van der Waals surface area contributed by atoms with Crippen LogP contribution in [0.3, 0.4) is 0 Å². The molecule has 19 heavy (non-hydrogen) atoms.